The van der Waals surface area contributed by atoms with Crippen molar-refractivity contribution in [3.05, 3.63) is 29.3 Å². The second-order valence-corrected chi connectivity index (χ2v) is 4.67. The minimum Gasteiger partial charge on any atom is -0.399 e. The van der Waals surface area contributed by atoms with Crippen LogP contribution in [0.4, 0.5) is 36.4 Å². The smallest absolute Gasteiger partial charge is 0.399 e. The summed E-state index contributed by atoms with van der Waals surface area (Å²) in [7, 11) is 0. The van der Waals surface area contributed by atoms with Crippen LogP contribution in [0, 0.1) is 0 Å². The van der Waals surface area contributed by atoms with Gasteiger partial charge in [0.05, 0.1) is 0 Å². The van der Waals surface area contributed by atoms with Gasteiger partial charge in [0.25, 0.3) is 0 Å². The van der Waals surface area contributed by atoms with Crippen LogP contribution >= 0.6 is 0 Å². The molecule has 0 unspecified atom stereocenters. The lowest BCUT2D eigenvalue weighted by Gasteiger charge is -2.32. The van der Waals surface area contributed by atoms with Crippen molar-refractivity contribution in [3.63, 3.8) is 0 Å². The second kappa shape index (κ2) is 5.73. The molecule has 2 N–H and O–H groups in total. The van der Waals surface area contributed by atoms with Crippen molar-refractivity contribution in [2.45, 2.75) is 44.2 Å². The maximum atomic E-state index is 14.1. The fourth-order valence-corrected chi connectivity index (χ4v) is 1.99. The Morgan fingerprint density at radius 3 is 1.90 bits per heavy atom. The van der Waals surface area contributed by atoms with Gasteiger partial charge in [0, 0.05) is 11.3 Å². The standard InChI is InChI=1S/C13H14F7N/c1-2-3-4-8-7-9(21)5-6-10(8)11(14,12(15,16)17)13(18,19)20/h5-7H,2-4,21H2,1H3. The summed E-state index contributed by atoms with van der Waals surface area (Å²) in [6.07, 6.45) is -11.5. The van der Waals surface area contributed by atoms with E-state index in [-0.39, 0.29) is 17.7 Å². The van der Waals surface area contributed by atoms with E-state index in [1.165, 1.54) is 0 Å². The molecule has 0 saturated carbocycles. The molecule has 0 heterocycles. The highest BCUT2D eigenvalue weighted by Crippen LogP contribution is 2.54. The molecule has 0 atom stereocenters. The Hall–Kier alpha value is -1.47. The van der Waals surface area contributed by atoms with Gasteiger partial charge in [-0.05, 0) is 30.5 Å². The number of rotatable bonds is 4. The zero-order chi connectivity index (χ0) is 16.5. The van der Waals surface area contributed by atoms with Crippen molar-refractivity contribution in [1.82, 2.24) is 0 Å². The molecule has 0 aromatic heterocycles. The quantitative estimate of drug-likeness (QED) is 0.620. The molecular formula is C13H14F7N. The maximum Gasteiger partial charge on any atom is 0.435 e. The molecule has 0 aliphatic heterocycles. The Morgan fingerprint density at radius 1 is 0.952 bits per heavy atom. The number of alkyl halides is 7. The first kappa shape index (κ1) is 17.6. The lowest BCUT2D eigenvalue weighted by Crippen LogP contribution is -2.51. The predicted molar refractivity (Wildman–Crippen MR) is 64.4 cm³/mol. The normalized spacial score (nSPS) is 13.5. The molecule has 0 aliphatic rings. The van der Waals surface area contributed by atoms with E-state index in [2.05, 4.69) is 0 Å². The van der Waals surface area contributed by atoms with Gasteiger partial charge in [0.2, 0.25) is 0 Å². The van der Waals surface area contributed by atoms with Gasteiger partial charge in [-0.2, -0.15) is 26.3 Å². The van der Waals surface area contributed by atoms with Crippen molar-refractivity contribution in [3.8, 4) is 0 Å². The predicted octanol–water partition coefficient (Wildman–Crippen LogP) is 4.90. The summed E-state index contributed by atoms with van der Waals surface area (Å²) in [5, 5.41) is 0. The minimum absolute atomic E-state index is 0.0171. The molecule has 1 aromatic carbocycles. The van der Waals surface area contributed by atoms with Crippen LogP contribution in [0.2, 0.25) is 0 Å². The molecule has 0 radical (unpaired) electrons. The number of halogens is 7. The van der Waals surface area contributed by atoms with Crippen molar-refractivity contribution in [1.29, 1.82) is 0 Å². The van der Waals surface area contributed by atoms with E-state index in [9.17, 15) is 30.7 Å². The van der Waals surface area contributed by atoms with Gasteiger partial charge in [-0.15, -0.1) is 0 Å². The molecule has 1 rings (SSSR count). The highest BCUT2D eigenvalue weighted by molar-refractivity contribution is 5.48. The number of benzene rings is 1. The third kappa shape index (κ3) is 3.24. The summed E-state index contributed by atoms with van der Waals surface area (Å²) in [6.45, 7) is 1.71. The third-order valence-electron chi connectivity index (χ3n) is 3.08. The Morgan fingerprint density at radius 2 is 1.48 bits per heavy atom. The number of hydrogen-bond acceptors (Lipinski definition) is 1. The van der Waals surface area contributed by atoms with Crippen LogP contribution in [-0.4, -0.2) is 12.4 Å². The maximum absolute atomic E-state index is 14.1. The van der Waals surface area contributed by atoms with Crippen LogP contribution < -0.4 is 5.73 Å². The van der Waals surface area contributed by atoms with E-state index < -0.39 is 23.6 Å². The lowest BCUT2D eigenvalue weighted by atomic mass is 9.87. The molecule has 0 aliphatic carbocycles. The average molecular weight is 317 g/mol. The van der Waals surface area contributed by atoms with E-state index in [0.717, 1.165) is 12.1 Å². The van der Waals surface area contributed by atoms with Gasteiger partial charge >= 0.3 is 18.0 Å². The highest BCUT2D eigenvalue weighted by atomic mass is 19.4. The summed E-state index contributed by atoms with van der Waals surface area (Å²) < 4.78 is 90.6. The van der Waals surface area contributed by atoms with Crippen LogP contribution in [0.5, 0.6) is 0 Å². The molecule has 120 valence electrons. The molecule has 1 aromatic rings. The molecule has 1 nitrogen and oxygen atoms in total. The first-order valence-corrected chi connectivity index (χ1v) is 6.16. The Kier molecular flexibility index (Phi) is 4.80. The molecule has 0 fully saturated rings. The lowest BCUT2D eigenvalue weighted by molar-refractivity contribution is -0.348. The van der Waals surface area contributed by atoms with Gasteiger partial charge in [0.15, 0.2) is 0 Å². The summed E-state index contributed by atoms with van der Waals surface area (Å²) in [4.78, 5) is 0. The summed E-state index contributed by atoms with van der Waals surface area (Å²) in [5.41, 5.74) is -1.87. The summed E-state index contributed by atoms with van der Waals surface area (Å²) >= 11 is 0. The van der Waals surface area contributed by atoms with Crippen molar-refractivity contribution in [2.24, 2.45) is 0 Å². The van der Waals surface area contributed by atoms with Crippen LogP contribution in [0.15, 0.2) is 18.2 Å². The first-order chi connectivity index (χ1) is 9.45. The molecule has 0 saturated heterocycles. The molecule has 21 heavy (non-hydrogen) atoms. The average Bonchev–Trinajstić information content (AvgIpc) is 2.32. The number of aryl methyl sites for hydroxylation is 1. The largest absolute Gasteiger partial charge is 0.435 e. The summed E-state index contributed by atoms with van der Waals surface area (Å²) in [5.74, 6) is 0. The number of anilines is 1. The van der Waals surface area contributed by atoms with Crippen molar-refractivity contribution < 1.29 is 30.7 Å². The van der Waals surface area contributed by atoms with Crippen molar-refractivity contribution >= 4 is 5.69 Å². The van der Waals surface area contributed by atoms with Crippen molar-refractivity contribution in [2.75, 3.05) is 5.73 Å². The zero-order valence-corrected chi connectivity index (χ0v) is 11.1. The summed E-state index contributed by atoms with van der Waals surface area (Å²) in [6, 6.07) is 2.24. The molecular weight excluding hydrogens is 303 g/mol. The second-order valence-electron chi connectivity index (χ2n) is 4.67. The topological polar surface area (TPSA) is 26.0 Å². The minimum atomic E-state index is -6.11. The zero-order valence-electron chi connectivity index (χ0n) is 11.1. The number of hydrogen-bond donors (Lipinski definition) is 1. The van der Waals surface area contributed by atoms with Gasteiger partial charge in [0.1, 0.15) is 0 Å². The molecule has 0 bridgehead atoms. The SMILES string of the molecule is CCCCc1cc(N)ccc1C(F)(C(F)(F)F)C(F)(F)F. The van der Waals surface area contributed by atoms with Gasteiger partial charge < -0.3 is 5.73 Å². The van der Waals surface area contributed by atoms with E-state index in [4.69, 9.17) is 5.73 Å². The van der Waals surface area contributed by atoms with Gasteiger partial charge in [-0.3, -0.25) is 0 Å². The van der Waals surface area contributed by atoms with Crippen LogP contribution in [0.3, 0.4) is 0 Å². The Bertz CT molecular complexity index is 476. The fraction of sp³-hybridized carbons (Fsp3) is 0.538. The first-order valence-electron chi connectivity index (χ1n) is 6.16. The highest BCUT2D eigenvalue weighted by Gasteiger charge is 2.73. The van der Waals surface area contributed by atoms with Crippen LogP contribution in [-0.2, 0) is 12.1 Å². The Labute approximate surface area is 116 Å². The van der Waals surface area contributed by atoms with E-state index >= 15 is 0 Å². The monoisotopic (exact) mass is 317 g/mol. The van der Waals surface area contributed by atoms with E-state index in [1.54, 1.807) is 6.92 Å². The van der Waals surface area contributed by atoms with Gasteiger partial charge in [-0.25, -0.2) is 4.39 Å². The number of nitrogen functional groups attached to an aromatic ring is 1. The molecule has 8 heteroatoms. The van der Waals surface area contributed by atoms with Crippen LogP contribution in [0.1, 0.15) is 30.9 Å². The van der Waals surface area contributed by atoms with E-state index in [0.29, 0.717) is 18.9 Å². The molecule has 0 amide bonds. The fourth-order valence-electron chi connectivity index (χ4n) is 1.99. The number of nitrogens with two attached hydrogens (primary N) is 1. The number of unbranched alkanes of at least 4 members (excludes halogenated alkanes) is 1. The van der Waals surface area contributed by atoms with Crippen LogP contribution in [0.25, 0.3) is 0 Å². The third-order valence-corrected chi connectivity index (χ3v) is 3.08. The Balaban J connectivity index is 3.52. The van der Waals surface area contributed by atoms with Gasteiger partial charge in [-0.1, -0.05) is 19.4 Å². The van der Waals surface area contributed by atoms with E-state index in [1.807, 2.05) is 0 Å². The molecule has 0 spiro atoms.